The maximum Gasteiger partial charge on any atom is 0.322 e. The van der Waals surface area contributed by atoms with Crippen LogP contribution in [0.2, 0.25) is 0 Å². The molecular weight excluding hydrogens is 598 g/mol. The Balaban J connectivity index is 0.000000447. The number of guanidine groups is 1. The number of hydrogen-bond donors (Lipinski definition) is 9. The molecule has 3 rings (SSSR count). The number of Topliss-reactive ketones (excluding diaryl/α,β-unsaturated/α-hetero) is 1. The molecule has 2 bridgehead atoms. The summed E-state index contributed by atoms with van der Waals surface area (Å²) in [7, 11) is -2.52. The first-order chi connectivity index (χ1) is 20.3. The zero-order valence-corrected chi connectivity index (χ0v) is 26.2. The van der Waals surface area contributed by atoms with Gasteiger partial charge in [0.1, 0.15) is 17.3 Å². The number of likely N-dealkylation sites (N-methyl/N-ethyl adjacent to an activating group) is 1. The first-order valence-corrected chi connectivity index (χ1v) is 15.5. The van der Waals surface area contributed by atoms with Gasteiger partial charge in [0.15, 0.2) is 11.7 Å². The van der Waals surface area contributed by atoms with Crippen LogP contribution >= 0.6 is 0 Å². The number of carbonyl (C=O) groups is 4. The summed E-state index contributed by atoms with van der Waals surface area (Å²) in [6, 6.07) is 1.18. The van der Waals surface area contributed by atoms with E-state index >= 15 is 0 Å². The van der Waals surface area contributed by atoms with Crippen molar-refractivity contribution in [2.24, 2.45) is 28.2 Å². The van der Waals surface area contributed by atoms with E-state index in [0.29, 0.717) is 37.8 Å². The number of carbonyl (C=O) groups excluding carboxylic acids is 1. The molecule has 0 aliphatic heterocycles. The summed E-state index contributed by atoms with van der Waals surface area (Å²) < 4.78 is 28.2. The van der Waals surface area contributed by atoms with Crippen LogP contribution in [0.25, 0.3) is 0 Å². The molecule has 0 aromatic carbocycles. The van der Waals surface area contributed by atoms with Crippen LogP contribution in [0.1, 0.15) is 52.0 Å². The Kier molecular flexibility index (Phi) is 14.3. The van der Waals surface area contributed by atoms with E-state index in [4.69, 9.17) is 27.1 Å². The van der Waals surface area contributed by atoms with Crippen LogP contribution in [-0.4, -0.2) is 95.8 Å². The molecule has 11 N–H and O–H groups in total. The van der Waals surface area contributed by atoms with E-state index in [-0.39, 0.29) is 30.6 Å². The topological polar surface area (TPSA) is 288 Å². The fourth-order valence-electron chi connectivity index (χ4n) is 5.39. The largest absolute Gasteiger partial charge is 0.480 e. The molecule has 248 valence electrons. The maximum atomic E-state index is 13.0. The van der Waals surface area contributed by atoms with Gasteiger partial charge in [-0.1, -0.05) is 26.8 Å². The van der Waals surface area contributed by atoms with Gasteiger partial charge in [-0.05, 0) is 55.7 Å². The number of carboxylic acid groups (broad SMARTS) is 3. The van der Waals surface area contributed by atoms with Crippen LogP contribution in [-0.2, 0) is 35.6 Å². The van der Waals surface area contributed by atoms with Gasteiger partial charge in [0.25, 0.3) is 0 Å². The lowest BCUT2D eigenvalue weighted by atomic mass is 9.70. The highest BCUT2D eigenvalue weighted by Gasteiger charge is 2.69. The van der Waals surface area contributed by atoms with Crippen molar-refractivity contribution in [3.8, 4) is 0 Å². The molecule has 1 heterocycles. The minimum Gasteiger partial charge on any atom is -0.480 e. The Bertz CT molecular complexity index is 1280. The van der Waals surface area contributed by atoms with Crippen molar-refractivity contribution in [3.63, 3.8) is 0 Å². The average molecular weight is 644 g/mol. The highest BCUT2D eigenvalue weighted by atomic mass is 32.2. The molecule has 2 saturated carbocycles. The summed E-state index contributed by atoms with van der Waals surface area (Å²) in [5.41, 5.74) is 9.71. The number of pyridine rings is 1. The summed E-state index contributed by atoms with van der Waals surface area (Å²) in [6.07, 6.45) is 5.32. The van der Waals surface area contributed by atoms with Gasteiger partial charge in [-0.3, -0.25) is 29.6 Å². The third-order valence-electron chi connectivity index (χ3n) is 8.23. The smallest absolute Gasteiger partial charge is 0.322 e. The van der Waals surface area contributed by atoms with E-state index in [9.17, 15) is 32.7 Å². The summed E-state index contributed by atoms with van der Waals surface area (Å²) in [4.78, 5) is 48.1. The zero-order chi connectivity index (χ0) is 33.9. The molecule has 17 heteroatoms. The van der Waals surface area contributed by atoms with Gasteiger partial charge in [0, 0.05) is 30.8 Å². The number of nitrogens with zero attached hydrogens (tertiary/aromatic N) is 1. The monoisotopic (exact) mass is 643 g/mol. The fraction of sp³-hybridized carbons (Fsp3) is 0.630. The zero-order valence-electron chi connectivity index (χ0n) is 25.4. The molecular formula is C27H45N7O9S. The second kappa shape index (κ2) is 16.4. The van der Waals surface area contributed by atoms with Crippen molar-refractivity contribution < 1.29 is 42.9 Å². The van der Waals surface area contributed by atoms with E-state index in [1.807, 2.05) is 20.8 Å². The molecule has 4 unspecified atom stereocenters. The predicted octanol–water partition coefficient (Wildman–Crippen LogP) is -0.658. The third-order valence-corrected chi connectivity index (χ3v) is 10.1. The van der Waals surface area contributed by atoms with Crippen molar-refractivity contribution in [1.29, 1.82) is 5.41 Å². The van der Waals surface area contributed by atoms with Crippen molar-refractivity contribution in [1.82, 2.24) is 20.3 Å². The third kappa shape index (κ3) is 10.2. The molecule has 2 aliphatic rings. The lowest BCUT2D eigenvalue weighted by Gasteiger charge is -2.32. The summed E-state index contributed by atoms with van der Waals surface area (Å²) >= 11 is 0. The minimum absolute atomic E-state index is 0.0331. The SMILES string of the molecule is CC12CCC(C(S(=O)(=O)N[C@H](Cc3cccnc3)C(=O)O)C1=O)C2(C)C.CNCC(=O)O.N=C(N)NCCCC(N)C(=O)O. The van der Waals surface area contributed by atoms with E-state index < -0.39 is 56.1 Å². The van der Waals surface area contributed by atoms with Crippen molar-refractivity contribution >= 4 is 39.7 Å². The first kappa shape index (κ1) is 38.4. The van der Waals surface area contributed by atoms with Crippen molar-refractivity contribution in [3.05, 3.63) is 30.1 Å². The van der Waals surface area contributed by atoms with Crippen LogP contribution < -0.4 is 26.8 Å². The predicted molar refractivity (Wildman–Crippen MR) is 161 cm³/mol. The highest BCUT2D eigenvalue weighted by molar-refractivity contribution is 7.91. The van der Waals surface area contributed by atoms with E-state index in [1.54, 1.807) is 25.4 Å². The number of ketones is 1. The quantitative estimate of drug-likeness (QED) is 0.0733. The number of rotatable bonds is 13. The van der Waals surface area contributed by atoms with Gasteiger partial charge in [-0.2, -0.15) is 4.72 Å². The number of nitrogens with one attached hydrogen (secondary N) is 4. The van der Waals surface area contributed by atoms with E-state index in [2.05, 4.69) is 20.3 Å². The summed E-state index contributed by atoms with van der Waals surface area (Å²) in [6.45, 7) is 6.22. The first-order valence-electron chi connectivity index (χ1n) is 13.9. The van der Waals surface area contributed by atoms with Crippen LogP contribution in [0.4, 0.5) is 0 Å². The molecule has 1 aromatic heterocycles. The second-order valence-corrected chi connectivity index (χ2v) is 13.3. The normalized spacial score (nSPS) is 22.8. The van der Waals surface area contributed by atoms with Crippen LogP contribution in [0.5, 0.6) is 0 Å². The van der Waals surface area contributed by atoms with Crippen LogP contribution in [0, 0.1) is 22.2 Å². The Morgan fingerprint density at radius 2 is 1.82 bits per heavy atom. The fourth-order valence-corrected chi connectivity index (χ4v) is 7.56. The molecule has 5 atom stereocenters. The summed E-state index contributed by atoms with van der Waals surface area (Å²) in [5.74, 6) is -3.81. The Morgan fingerprint density at radius 3 is 2.23 bits per heavy atom. The van der Waals surface area contributed by atoms with E-state index in [1.165, 1.54) is 6.20 Å². The number of nitrogens with two attached hydrogens (primary N) is 2. The molecule has 0 spiro atoms. The molecule has 2 aliphatic carbocycles. The van der Waals surface area contributed by atoms with Gasteiger partial charge < -0.3 is 37.4 Å². The van der Waals surface area contributed by atoms with Gasteiger partial charge in [0.2, 0.25) is 10.0 Å². The Morgan fingerprint density at radius 1 is 1.18 bits per heavy atom. The Labute approximate surface area is 256 Å². The molecule has 2 fully saturated rings. The minimum atomic E-state index is -4.11. The standard InChI is InChI=1S/C18H24N2O5S.C6H14N4O2.C3H7NO2/c1-17(2)12-6-7-18(17,3)15(21)14(12)26(24,25)20-13(16(22)23)9-11-5-4-8-19-10-11;7-4(5(11)12)2-1-3-10-6(8)9;1-4-2-3(5)6/h4-5,8,10,12-14,20H,6-7,9H2,1-3H3,(H,22,23);4H,1-3,7H2,(H,11,12)(H4,8,9,10);4H,2H2,1H3,(H,5,6)/t12?,13-,14?,18?;;/m1../s1. The number of fused-ring (bicyclic) bond motifs is 2. The molecule has 16 nitrogen and oxygen atoms in total. The van der Waals surface area contributed by atoms with Gasteiger partial charge in [0.05, 0.1) is 6.54 Å². The second-order valence-electron chi connectivity index (χ2n) is 11.5. The molecule has 0 saturated heterocycles. The summed E-state index contributed by atoms with van der Waals surface area (Å²) in [5, 5.41) is 36.3. The lowest BCUT2D eigenvalue weighted by molar-refractivity contribution is -0.139. The molecule has 1 aromatic rings. The molecule has 0 amide bonds. The molecule has 44 heavy (non-hydrogen) atoms. The lowest BCUT2D eigenvalue weighted by Crippen LogP contribution is -2.50. The van der Waals surface area contributed by atoms with Crippen molar-refractivity contribution in [2.45, 2.75) is 70.2 Å². The molecule has 0 radical (unpaired) electrons. The van der Waals surface area contributed by atoms with E-state index in [0.717, 1.165) is 0 Å². The maximum absolute atomic E-state index is 13.0. The van der Waals surface area contributed by atoms with Gasteiger partial charge >= 0.3 is 17.9 Å². The highest BCUT2D eigenvalue weighted by Crippen LogP contribution is 2.64. The number of hydrogen-bond acceptors (Lipinski definition) is 10. The Hall–Kier alpha value is -3.67. The van der Waals surface area contributed by atoms with Crippen LogP contribution in [0.3, 0.4) is 0 Å². The van der Waals surface area contributed by atoms with Gasteiger partial charge in [-0.25, -0.2) is 8.42 Å². The average Bonchev–Trinajstić information content (AvgIpc) is 3.24. The van der Waals surface area contributed by atoms with Crippen LogP contribution in [0.15, 0.2) is 24.5 Å². The number of aliphatic carboxylic acids is 3. The number of carboxylic acids is 3. The number of aromatic nitrogens is 1. The van der Waals surface area contributed by atoms with Gasteiger partial charge in [-0.15, -0.1) is 0 Å². The van der Waals surface area contributed by atoms with Crippen molar-refractivity contribution in [2.75, 3.05) is 20.1 Å². The number of sulfonamides is 1.